The average molecular weight is 153 g/mol. The van der Waals surface area contributed by atoms with Gasteiger partial charge in [-0.15, -0.1) is 0 Å². The van der Waals surface area contributed by atoms with E-state index in [1.807, 2.05) is 0 Å². The molecule has 0 fully saturated rings. The fourth-order valence-corrected chi connectivity index (χ4v) is 0.142. The van der Waals surface area contributed by atoms with Gasteiger partial charge in [-0.25, -0.2) is 4.79 Å². The number of rotatable bonds is 0. The number of carbonyl (C=O) groups is 1. The average Bonchev–Trinajstić information content (AvgIpc) is 1.61. The van der Waals surface area contributed by atoms with Gasteiger partial charge in [0.15, 0.2) is 0 Å². The van der Waals surface area contributed by atoms with Gasteiger partial charge in [-0.05, 0) is 12.2 Å². The largest absolute Gasteiger partial charge is 1.00 e. The molecule has 0 radical (unpaired) electrons. The molecule has 0 aromatic heterocycles. The molecule has 0 aromatic rings. The van der Waals surface area contributed by atoms with E-state index in [1.165, 1.54) is 0 Å². The van der Waals surface area contributed by atoms with Gasteiger partial charge in [-0.2, -0.15) is 5.48 Å². The van der Waals surface area contributed by atoms with Crippen LogP contribution in [0.3, 0.4) is 0 Å². The second-order valence-corrected chi connectivity index (χ2v) is 1.29. The lowest BCUT2D eigenvalue weighted by molar-refractivity contribution is 0.179. The molecule has 0 unspecified atom stereocenters. The molecule has 0 bridgehead atoms. The Labute approximate surface area is 58.5 Å². The van der Waals surface area contributed by atoms with E-state index < -0.39 is 6.03 Å². The molecular weight excluding hydrogens is 144 g/mol. The van der Waals surface area contributed by atoms with Crippen molar-refractivity contribution in [3.63, 3.8) is 0 Å². The Kier molecular flexibility index (Phi) is 6.09. The van der Waals surface area contributed by atoms with Crippen molar-refractivity contribution in [1.29, 1.82) is 0 Å². The van der Waals surface area contributed by atoms with Crippen LogP contribution in [0.2, 0.25) is 0 Å². The first-order chi connectivity index (χ1) is 3.63. The van der Waals surface area contributed by atoms with E-state index in [0.717, 1.165) is 0 Å². The smallest absolute Gasteiger partial charge is 0.358 e. The Hall–Kier alpha value is -1.08. The van der Waals surface area contributed by atoms with E-state index in [0.29, 0.717) is 0 Å². The topological polar surface area (TPSA) is 125 Å². The van der Waals surface area contributed by atoms with Gasteiger partial charge < -0.3 is 22.5 Å². The predicted octanol–water partition coefficient (Wildman–Crippen LogP) is -0.896. The first-order valence-corrected chi connectivity index (χ1v) is 2.05. The number of nitrogens with one attached hydrogen (secondary N) is 1. The minimum Gasteiger partial charge on any atom is -0.358 e. The Morgan fingerprint density at radius 1 is 1.67 bits per heavy atom. The summed E-state index contributed by atoms with van der Waals surface area (Å²) in [4.78, 5) is 13.9. The normalized spacial score (nSPS) is 6.67. The summed E-state index contributed by atoms with van der Waals surface area (Å²) in [6.45, 7) is 0. The van der Waals surface area contributed by atoms with Crippen LogP contribution >= 0.6 is 12.2 Å². The van der Waals surface area contributed by atoms with Crippen molar-refractivity contribution >= 4 is 23.4 Å². The summed E-state index contributed by atoms with van der Waals surface area (Å²) in [6, 6.07) is -0.835. The van der Waals surface area contributed by atoms with Gasteiger partial charge in [0.25, 0.3) is 5.17 Å². The number of hydroxylamine groups is 1. The van der Waals surface area contributed by atoms with Gasteiger partial charge in [0.2, 0.25) is 0 Å². The number of primary amides is 1. The number of amides is 2. The lowest BCUT2D eigenvalue weighted by Gasteiger charge is -1.98. The van der Waals surface area contributed by atoms with Crippen molar-refractivity contribution in [2.45, 2.75) is 0 Å². The minimum absolute atomic E-state index is 0. The second kappa shape index (κ2) is 5.06. The number of hydrogen-bond acceptors (Lipinski definition) is 4. The van der Waals surface area contributed by atoms with Gasteiger partial charge in [0.05, 0.1) is 0 Å². The third kappa shape index (κ3) is 10.9. The molecule has 0 saturated carbocycles. The Balaban J connectivity index is -0.000000245. The quantitative estimate of drug-likeness (QED) is 0.265. The van der Waals surface area contributed by atoms with E-state index in [9.17, 15) is 4.79 Å². The molecule has 0 aromatic carbocycles. The van der Waals surface area contributed by atoms with Crippen LogP contribution in [0.15, 0.2) is 0 Å². The van der Waals surface area contributed by atoms with Crippen LogP contribution in [-0.2, 0) is 4.84 Å². The minimum atomic E-state index is -0.835. The van der Waals surface area contributed by atoms with E-state index in [2.05, 4.69) is 22.8 Å². The maximum Gasteiger partial charge on any atom is 1.00 e. The summed E-state index contributed by atoms with van der Waals surface area (Å²) in [5.41, 5.74) is 11.0. The molecule has 0 spiro atoms. The molecule has 9 heavy (non-hydrogen) atoms. The maximum absolute atomic E-state index is 9.77. The number of nitrogens with two attached hydrogens (primary N) is 2. The zero-order chi connectivity index (χ0) is 6.57. The highest BCUT2D eigenvalue weighted by Gasteiger charge is 1.89. The van der Waals surface area contributed by atoms with Gasteiger partial charge in [-0.3, -0.25) is 0 Å². The van der Waals surface area contributed by atoms with Crippen LogP contribution in [0.25, 0.3) is 0 Å². The molecule has 0 heterocycles. The van der Waals surface area contributed by atoms with Crippen molar-refractivity contribution in [2.24, 2.45) is 11.5 Å². The summed E-state index contributed by atoms with van der Waals surface area (Å²) in [7, 11) is 0. The summed E-state index contributed by atoms with van der Waals surface area (Å²) in [5, 5.41) is -0.274. The third-order valence-electron chi connectivity index (χ3n) is 0.252. The first kappa shape index (κ1) is 10.8. The Bertz CT molecular complexity index is 106. The van der Waals surface area contributed by atoms with Crippen LogP contribution < -0.4 is 23.1 Å². The van der Waals surface area contributed by atoms with Gasteiger partial charge in [0.1, 0.15) is 0 Å². The number of hydrogen-bond donors (Lipinski definition) is 4. The summed E-state index contributed by atoms with van der Waals surface area (Å²) >= 11 is 4.20. The molecule has 0 aliphatic carbocycles. The van der Waals surface area contributed by atoms with E-state index >= 15 is 0 Å². The lowest BCUT2D eigenvalue weighted by Crippen LogP contribution is -2.33. The molecule has 2 amide bonds. The zero-order valence-corrected chi connectivity index (χ0v) is 5.40. The highest BCUT2D eigenvalue weighted by molar-refractivity contribution is 7.79. The van der Waals surface area contributed by atoms with Crippen molar-refractivity contribution in [2.75, 3.05) is 0 Å². The van der Waals surface area contributed by atoms with Crippen LogP contribution in [0, 0.1) is 0 Å². The molecule has 6 nitrogen and oxygen atoms in total. The Morgan fingerprint density at radius 2 is 2.11 bits per heavy atom. The highest BCUT2D eigenvalue weighted by Crippen LogP contribution is 1.63. The van der Waals surface area contributed by atoms with Gasteiger partial charge >= 0.3 is 7.46 Å². The summed E-state index contributed by atoms with van der Waals surface area (Å²) in [6.07, 6.45) is 0. The fourth-order valence-electron chi connectivity index (χ4n) is 0.101. The summed E-state index contributed by atoms with van der Waals surface area (Å²) in [5.74, 6) is 0. The summed E-state index contributed by atoms with van der Waals surface area (Å²) < 4.78 is 0. The van der Waals surface area contributed by atoms with Crippen LogP contribution in [0.4, 0.5) is 4.79 Å². The fraction of sp³-hybridized carbons (Fsp3) is 0. The van der Waals surface area contributed by atoms with Crippen LogP contribution in [0.1, 0.15) is 1.43 Å². The molecule has 0 rings (SSSR count). The molecule has 0 aliphatic heterocycles. The van der Waals surface area contributed by atoms with E-state index in [-0.39, 0.29) is 12.8 Å². The third-order valence-corrected chi connectivity index (χ3v) is 0.336. The second-order valence-electron chi connectivity index (χ2n) is 0.887. The molecule has 54 valence electrons. The monoisotopic (exact) mass is 153 g/mol. The molecule has 7 heteroatoms. The van der Waals surface area contributed by atoms with Crippen LogP contribution in [-0.4, -0.2) is 11.2 Å². The molecular formula is C2H9N4O2S+. The number of carbonyl (C=O) groups excluding carboxylic acids is 1. The molecule has 0 saturated heterocycles. The number of thiocarbonyl (C=S) groups is 1. The SMILES string of the molecule is N.NC(=O)NOC(N)=S.[H+]. The first-order valence-electron chi connectivity index (χ1n) is 1.64. The van der Waals surface area contributed by atoms with Gasteiger partial charge in [-0.1, -0.05) is 0 Å². The lowest BCUT2D eigenvalue weighted by atomic mass is 11.2. The van der Waals surface area contributed by atoms with Crippen molar-refractivity contribution in [1.82, 2.24) is 11.6 Å². The highest BCUT2D eigenvalue weighted by atomic mass is 32.1. The predicted molar refractivity (Wildman–Crippen MR) is 36.7 cm³/mol. The van der Waals surface area contributed by atoms with Crippen molar-refractivity contribution in [3.8, 4) is 0 Å². The van der Waals surface area contributed by atoms with Crippen LogP contribution in [0.5, 0.6) is 0 Å². The maximum atomic E-state index is 9.77. The molecule has 0 atom stereocenters. The standard InChI is InChI=1S/C2H5N3O2S.H3N/c3-1(6)5-7-2(4)8;/h(H2,4,8)(H3,3,5,6);1H3/p+1. The van der Waals surface area contributed by atoms with Gasteiger partial charge in [0, 0.05) is 0 Å². The Morgan fingerprint density at radius 3 is 2.22 bits per heavy atom. The molecule has 0 aliphatic rings. The van der Waals surface area contributed by atoms with Crippen molar-refractivity contribution < 1.29 is 11.1 Å². The van der Waals surface area contributed by atoms with Crippen molar-refractivity contribution in [3.05, 3.63) is 0 Å². The van der Waals surface area contributed by atoms with E-state index in [4.69, 9.17) is 5.73 Å². The number of urea groups is 1. The molecule has 8 N–H and O–H groups in total. The van der Waals surface area contributed by atoms with E-state index in [1.54, 1.807) is 5.48 Å². The zero-order valence-electron chi connectivity index (χ0n) is 5.59.